The summed E-state index contributed by atoms with van der Waals surface area (Å²) >= 11 is 0. The zero-order chi connectivity index (χ0) is 13.1. The highest BCUT2D eigenvalue weighted by Gasteiger charge is 2.42. The minimum absolute atomic E-state index is 0.259. The summed E-state index contributed by atoms with van der Waals surface area (Å²) in [6.07, 6.45) is 1.65. The van der Waals surface area contributed by atoms with E-state index in [1.165, 1.54) is 14.2 Å². The molecule has 0 aromatic carbocycles. The molecule has 17 heavy (non-hydrogen) atoms. The van der Waals surface area contributed by atoms with Gasteiger partial charge in [-0.15, -0.1) is 0 Å². The Hall–Kier alpha value is -0.733. The third-order valence-corrected chi connectivity index (χ3v) is 4.00. The van der Waals surface area contributed by atoms with Gasteiger partial charge in [0.15, 0.2) is 0 Å². The number of esters is 1. The Morgan fingerprint density at radius 2 is 1.88 bits per heavy atom. The van der Waals surface area contributed by atoms with Crippen LogP contribution in [-0.4, -0.2) is 49.1 Å². The van der Waals surface area contributed by atoms with E-state index in [0.29, 0.717) is 19.6 Å². The Bertz CT molecular complexity index is 229. The number of carbonyl (C=O) groups is 1. The summed E-state index contributed by atoms with van der Waals surface area (Å²) in [5, 5.41) is 0. The molecule has 0 aromatic heterocycles. The quantitative estimate of drug-likeness (QED) is 0.253. The Kier molecular flexibility index (Phi) is 8.91. The minimum atomic E-state index is -2.99. The second kappa shape index (κ2) is 9.31. The van der Waals surface area contributed by atoms with E-state index in [0.717, 1.165) is 6.08 Å². The van der Waals surface area contributed by atoms with Crippen LogP contribution in [0.25, 0.3) is 0 Å². The van der Waals surface area contributed by atoms with E-state index in [4.69, 9.17) is 22.4 Å². The van der Waals surface area contributed by atoms with E-state index in [-0.39, 0.29) is 6.61 Å². The van der Waals surface area contributed by atoms with Crippen molar-refractivity contribution >= 4 is 15.0 Å². The van der Waals surface area contributed by atoms with Crippen molar-refractivity contribution in [2.45, 2.75) is 13.3 Å². The average Bonchev–Trinajstić information content (AvgIpc) is 2.36. The van der Waals surface area contributed by atoms with Crippen molar-refractivity contribution in [2.24, 2.45) is 0 Å². The van der Waals surface area contributed by atoms with Crippen LogP contribution >= 0.6 is 0 Å². The van der Waals surface area contributed by atoms with Gasteiger partial charge in [0.25, 0.3) is 0 Å². The molecule has 0 aliphatic carbocycles. The van der Waals surface area contributed by atoms with Crippen molar-refractivity contribution < 1.29 is 27.2 Å². The molecule has 0 atom stereocenters. The zero-order valence-electron chi connectivity index (χ0n) is 10.6. The lowest BCUT2D eigenvalue weighted by molar-refractivity contribution is -0.138. The fraction of sp³-hybridized carbons (Fsp3) is 0.700. The summed E-state index contributed by atoms with van der Waals surface area (Å²) < 4.78 is 25.8. The summed E-state index contributed by atoms with van der Waals surface area (Å²) in [7, 11) is -0.0389. The van der Waals surface area contributed by atoms with E-state index >= 15 is 0 Å². The third-order valence-electron chi connectivity index (χ3n) is 1.80. The van der Waals surface area contributed by atoms with Crippen molar-refractivity contribution in [3.8, 4) is 0 Å². The van der Waals surface area contributed by atoms with Gasteiger partial charge in [0.1, 0.15) is 0 Å². The van der Waals surface area contributed by atoms with E-state index in [9.17, 15) is 4.79 Å². The topological polar surface area (TPSA) is 63.2 Å². The molecule has 0 amide bonds. The highest BCUT2D eigenvalue weighted by atomic mass is 28.4. The average molecular weight is 264 g/mol. The summed E-state index contributed by atoms with van der Waals surface area (Å²) in [5.41, 5.74) is 0. The van der Waals surface area contributed by atoms with Gasteiger partial charge in [-0.05, 0) is 6.92 Å². The highest BCUT2D eigenvalue weighted by molar-refractivity contribution is 6.53. The second-order valence-corrected chi connectivity index (χ2v) is 5.31. The maximum Gasteiger partial charge on any atom is 0.679 e. The number of ether oxygens (including phenoxy) is 1. The molecule has 6 nitrogen and oxygen atoms in total. The Morgan fingerprint density at radius 3 is 2.35 bits per heavy atom. The molecule has 0 radical (unpaired) electrons. The van der Waals surface area contributed by atoms with Crippen LogP contribution in [0, 0.1) is 0 Å². The molecule has 0 fully saturated rings. The number of carbonyl (C=O) groups excluding carboxylic acids is 1. The molecule has 0 aromatic rings. The van der Waals surface area contributed by atoms with E-state index in [1.807, 2.05) is 6.92 Å². The molecule has 0 saturated carbocycles. The largest absolute Gasteiger partial charge is 0.679 e. The molecular formula is C10H20O6Si. The van der Waals surface area contributed by atoms with Crippen LogP contribution in [0.4, 0.5) is 0 Å². The van der Waals surface area contributed by atoms with Crippen molar-refractivity contribution in [1.29, 1.82) is 0 Å². The van der Waals surface area contributed by atoms with Crippen molar-refractivity contribution in [1.82, 2.24) is 0 Å². The van der Waals surface area contributed by atoms with Crippen LogP contribution in [0.3, 0.4) is 0 Å². The van der Waals surface area contributed by atoms with Gasteiger partial charge in [0.05, 0.1) is 6.61 Å². The molecule has 0 bridgehead atoms. The van der Waals surface area contributed by atoms with Crippen LogP contribution in [0.2, 0.25) is 0 Å². The van der Waals surface area contributed by atoms with Gasteiger partial charge in [-0.2, -0.15) is 0 Å². The molecule has 0 heterocycles. The van der Waals surface area contributed by atoms with E-state index < -0.39 is 15.0 Å². The van der Waals surface area contributed by atoms with Gasteiger partial charge in [-0.3, -0.25) is 0 Å². The summed E-state index contributed by atoms with van der Waals surface area (Å²) in [4.78, 5) is 10.7. The van der Waals surface area contributed by atoms with Gasteiger partial charge >= 0.3 is 15.0 Å². The monoisotopic (exact) mass is 264 g/mol. The Labute approximate surface area is 103 Å². The van der Waals surface area contributed by atoms with Crippen molar-refractivity contribution in [2.75, 3.05) is 34.0 Å². The lowest BCUT2D eigenvalue weighted by Crippen LogP contribution is -2.47. The molecular weight excluding hydrogens is 244 g/mol. The maximum atomic E-state index is 10.7. The van der Waals surface area contributed by atoms with Gasteiger partial charge in [-0.25, -0.2) is 4.79 Å². The molecule has 0 spiro atoms. The Morgan fingerprint density at radius 1 is 1.24 bits per heavy atom. The van der Waals surface area contributed by atoms with E-state index in [1.54, 1.807) is 0 Å². The Balaban J connectivity index is 3.82. The predicted octanol–water partition coefficient (Wildman–Crippen LogP) is 0.887. The normalized spacial score (nSPS) is 11.2. The minimum Gasteiger partial charge on any atom is -0.462 e. The van der Waals surface area contributed by atoms with Gasteiger partial charge in [0.2, 0.25) is 0 Å². The molecule has 0 aliphatic rings. The van der Waals surface area contributed by atoms with Crippen LogP contribution in [-0.2, 0) is 27.2 Å². The zero-order valence-corrected chi connectivity index (χ0v) is 11.6. The molecule has 7 heteroatoms. The number of hydrogen-bond acceptors (Lipinski definition) is 6. The van der Waals surface area contributed by atoms with Gasteiger partial charge in [-0.1, -0.05) is 6.58 Å². The summed E-state index contributed by atoms with van der Waals surface area (Å²) in [5.74, 6) is -0.447. The maximum absolute atomic E-state index is 10.7. The van der Waals surface area contributed by atoms with Crippen LogP contribution in [0.15, 0.2) is 12.7 Å². The molecule has 0 N–H and O–H groups in total. The second-order valence-electron chi connectivity index (χ2n) is 2.91. The van der Waals surface area contributed by atoms with Gasteiger partial charge < -0.3 is 22.4 Å². The fourth-order valence-corrected chi connectivity index (χ4v) is 2.49. The van der Waals surface area contributed by atoms with E-state index in [2.05, 4.69) is 6.58 Å². The van der Waals surface area contributed by atoms with Gasteiger partial charge in [0, 0.05) is 39.9 Å². The standard InChI is InChI=1S/C10H20O6Si/c1-5-10(11)14-8-7-9-16-17(12-3,13-4)15-6-2/h5H,1,6-9H2,2-4H3. The smallest absolute Gasteiger partial charge is 0.462 e. The number of rotatable bonds is 10. The first-order valence-corrected chi connectivity index (χ1v) is 6.94. The first-order chi connectivity index (χ1) is 8.14. The molecule has 0 saturated heterocycles. The lowest BCUT2D eigenvalue weighted by atomic mass is 10.5. The fourth-order valence-electron chi connectivity index (χ4n) is 1.03. The van der Waals surface area contributed by atoms with Crippen LogP contribution in [0.5, 0.6) is 0 Å². The highest BCUT2D eigenvalue weighted by Crippen LogP contribution is 2.09. The van der Waals surface area contributed by atoms with Crippen molar-refractivity contribution in [3.63, 3.8) is 0 Å². The molecule has 0 unspecified atom stereocenters. The molecule has 100 valence electrons. The summed E-state index contributed by atoms with van der Waals surface area (Å²) in [6.45, 7) is 6.15. The first-order valence-electron chi connectivity index (χ1n) is 5.31. The molecule has 0 aliphatic heterocycles. The summed E-state index contributed by atoms with van der Waals surface area (Å²) in [6, 6.07) is 0. The van der Waals surface area contributed by atoms with Crippen LogP contribution < -0.4 is 0 Å². The van der Waals surface area contributed by atoms with Crippen LogP contribution in [0.1, 0.15) is 13.3 Å². The molecule has 0 rings (SSSR count). The SMILES string of the molecule is C=CC(=O)OCCCO[Si](OC)(OC)OCC. The lowest BCUT2D eigenvalue weighted by Gasteiger charge is -2.24. The predicted molar refractivity (Wildman–Crippen MR) is 63.1 cm³/mol. The number of hydrogen-bond donors (Lipinski definition) is 0. The van der Waals surface area contributed by atoms with Crippen molar-refractivity contribution in [3.05, 3.63) is 12.7 Å². The third kappa shape index (κ3) is 6.54. The first kappa shape index (κ1) is 16.3.